The van der Waals surface area contributed by atoms with Crippen molar-refractivity contribution in [2.45, 2.75) is 58.5 Å². The number of aryl methyl sites for hydroxylation is 1. The van der Waals surface area contributed by atoms with Gasteiger partial charge in [-0.2, -0.15) is 4.98 Å². The molecule has 7 nitrogen and oxygen atoms in total. The van der Waals surface area contributed by atoms with Gasteiger partial charge in [0.15, 0.2) is 11.6 Å². The largest absolute Gasteiger partial charge is 0.456 e. The zero-order chi connectivity index (χ0) is 17.9. The number of hydrogen-bond donors (Lipinski definition) is 1. The van der Waals surface area contributed by atoms with Crippen LogP contribution in [0.15, 0.2) is 21.1 Å². The Morgan fingerprint density at radius 1 is 1.28 bits per heavy atom. The highest BCUT2D eigenvalue weighted by atomic mass is 16.5. The van der Waals surface area contributed by atoms with Crippen LogP contribution < -0.4 is 5.32 Å². The van der Waals surface area contributed by atoms with Crippen LogP contribution in [0.1, 0.15) is 67.6 Å². The van der Waals surface area contributed by atoms with Gasteiger partial charge >= 0.3 is 0 Å². The Kier molecular flexibility index (Phi) is 5.22. The minimum absolute atomic E-state index is 0.231. The Bertz CT molecular complexity index is 711. The van der Waals surface area contributed by atoms with Gasteiger partial charge < -0.3 is 14.3 Å². The minimum Gasteiger partial charge on any atom is -0.456 e. The van der Waals surface area contributed by atoms with Gasteiger partial charge in [-0.25, -0.2) is 0 Å². The molecule has 0 spiro atoms. The number of nitrogens with one attached hydrogen (secondary N) is 1. The Morgan fingerprint density at radius 3 is 2.60 bits per heavy atom. The second-order valence-corrected chi connectivity index (χ2v) is 6.63. The Hall–Kier alpha value is -2.15. The fourth-order valence-corrected chi connectivity index (χ4v) is 3.37. The molecule has 25 heavy (non-hydrogen) atoms. The number of carbonyl (C=O) groups is 1. The van der Waals surface area contributed by atoms with Crippen LogP contribution in [-0.4, -0.2) is 34.0 Å². The highest BCUT2D eigenvalue weighted by molar-refractivity contribution is 5.92. The number of furan rings is 1. The second-order valence-electron chi connectivity index (χ2n) is 6.63. The summed E-state index contributed by atoms with van der Waals surface area (Å²) in [6, 6.07) is 3.47. The first-order valence-electron chi connectivity index (χ1n) is 9.00. The van der Waals surface area contributed by atoms with Crippen molar-refractivity contribution in [1.82, 2.24) is 20.4 Å². The van der Waals surface area contributed by atoms with Gasteiger partial charge in [-0.15, -0.1) is 0 Å². The third-order valence-corrected chi connectivity index (χ3v) is 4.92. The number of carbonyl (C=O) groups excluding carboxylic acids is 1. The summed E-state index contributed by atoms with van der Waals surface area (Å²) in [5, 5.41) is 7.29. The monoisotopic (exact) mass is 346 g/mol. The van der Waals surface area contributed by atoms with E-state index in [0.29, 0.717) is 29.8 Å². The Morgan fingerprint density at radius 2 is 2.00 bits per heavy atom. The molecule has 0 aliphatic heterocycles. The summed E-state index contributed by atoms with van der Waals surface area (Å²) < 4.78 is 10.9. The second kappa shape index (κ2) is 7.39. The average molecular weight is 346 g/mol. The summed E-state index contributed by atoms with van der Waals surface area (Å²) in [5.41, 5.74) is -0.567. The van der Waals surface area contributed by atoms with Crippen molar-refractivity contribution in [3.8, 4) is 0 Å². The summed E-state index contributed by atoms with van der Waals surface area (Å²) in [5.74, 6) is 1.96. The van der Waals surface area contributed by atoms with Gasteiger partial charge in [0.2, 0.25) is 5.89 Å². The number of amides is 1. The molecule has 1 N–H and O–H groups in total. The molecule has 3 rings (SSSR count). The molecular formula is C18H26N4O3. The van der Waals surface area contributed by atoms with Gasteiger partial charge in [-0.05, 0) is 45.0 Å². The minimum atomic E-state index is -0.567. The lowest BCUT2D eigenvalue weighted by atomic mass is 9.96. The molecule has 0 bridgehead atoms. The summed E-state index contributed by atoms with van der Waals surface area (Å²) in [7, 11) is 0. The molecule has 0 saturated heterocycles. The standard InChI is InChI=1S/C18H26N4O3/c1-4-22(5-2)12-15-19-17(21-25-15)18(10-6-7-11-18)20-16(23)14-9-8-13(3)24-14/h8-9H,4-7,10-12H2,1-3H3,(H,20,23). The van der Waals surface area contributed by atoms with Crippen molar-refractivity contribution in [3.63, 3.8) is 0 Å². The molecule has 1 aliphatic carbocycles. The number of hydrogen-bond acceptors (Lipinski definition) is 6. The maximum atomic E-state index is 12.6. The number of rotatable bonds is 7. The van der Waals surface area contributed by atoms with Crippen LogP contribution in [0.3, 0.4) is 0 Å². The molecule has 1 fully saturated rings. The van der Waals surface area contributed by atoms with E-state index in [1.807, 2.05) is 6.92 Å². The molecule has 2 heterocycles. The molecule has 1 aliphatic rings. The molecule has 7 heteroatoms. The number of aromatic nitrogens is 2. The first-order valence-corrected chi connectivity index (χ1v) is 9.00. The van der Waals surface area contributed by atoms with E-state index in [4.69, 9.17) is 8.94 Å². The van der Waals surface area contributed by atoms with Gasteiger partial charge in [-0.3, -0.25) is 9.69 Å². The zero-order valence-electron chi connectivity index (χ0n) is 15.2. The van der Waals surface area contributed by atoms with Gasteiger partial charge in [0.05, 0.1) is 6.54 Å². The van der Waals surface area contributed by atoms with Gasteiger partial charge in [-0.1, -0.05) is 31.8 Å². The Balaban J connectivity index is 1.78. The van der Waals surface area contributed by atoms with Crippen LogP contribution in [0, 0.1) is 6.92 Å². The van der Waals surface area contributed by atoms with Crippen molar-refractivity contribution in [2.75, 3.05) is 13.1 Å². The summed E-state index contributed by atoms with van der Waals surface area (Å²) in [4.78, 5) is 19.4. The first-order chi connectivity index (χ1) is 12.1. The average Bonchev–Trinajstić information content (AvgIpc) is 3.33. The molecule has 136 valence electrons. The molecule has 1 saturated carbocycles. The lowest BCUT2D eigenvalue weighted by Gasteiger charge is -2.26. The molecule has 2 aromatic heterocycles. The predicted octanol–water partition coefficient (Wildman–Crippen LogP) is 3.01. The van der Waals surface area contributed by atoms with Crippen molar-refractivity contribution < 1.29 is 13.7 Å². The topological polar surface area (TPSA) is 84.4 Å². The van der Waals surface area contributed by atoms with Gasteiger partial charge in [0.1, 0.15) is 11.3 Å². The summed E-state index contributed by atoms with van der Waals surface area (Å²) in [6.45, 7) is 8.50. The van der Waals surface area contributed by atoms with Crippen molar-refractivity contribution in [2.24, 2.45) is 0 Å². The van der Waals surface area contributed by atoms with E-state index in [-0.39, 0.29) is 5.91 Å². The van der Waals surface area contributed by atoms with Crippen LogP contribution in [0.25, 0.3) is 0 Å². The van der Waals surface area contributed by atoms with E-state index in [2.05, 4.69) is 34.2 Å². The lowest BCUT2D eigenvalue weighted by Crippen LogP contribution is -2.44. The Labute approximate surface area is 147 Å². The molecule has 0 atom stereocenters. The zero-order valence-corrected chi connectivity index (χ0v) is 15.2. The smallest absolute Gasteiger partial charge is 0.287 e. The van der Waals surface area contributed by atoms with E-state index in [9.17, 15) is 4.79 Å². The predicted molar refractivity (Wildman–Crippen MR) is 92.0 cm³/mol. The molecule has 0 unspecified atom stereocenters. The molecule has 2 aromatic rings. The van der Waals surface area contributed by atoms with E-state index >= 15 is 0 Å². The first kappa shape index (κ1) is 17.7. The molecule has 0 aromatic carbocycles. The molecule has 1 amide bonds. The number of nitrogens with zero attached hydrogens (tertiary/aromatic N) is 3. The molecular weight excluding hydrogens is 320 g/mol. The summed E-state index contributed by atoms with van der Waals surface area (Å²) in [6.07, 6.45) is 3.67. The van der Waals surface area contributed by atoms with E-state index in [1.165, 1.54) is 0 Å². The highest BCUT2D eigenvalue weighted by Crippen LogP contribution is 2.37. The van der Waals surface area contributed by atoms with Crippen LogP contribution >= 0.6 is 0 Å². The lowest BCUT2D eigenvalue weighted by molar-refractivity contribution is 0.0862. The highest BCUT2D eigenvalue weighted by Gasteiger charge is 2.42. The van der Waals surface area contributed by atoms with Crippen molar-refractivity contribution in [1.29, 1.82) is 0 Å². The van der Waals surface area contributed by atoms with Crippen LogP contribution in [0.4, 0.5) is 0 Å². The maximum Gasteiger partial charge on any atom is 0.287 e. The van der Waals surface area contributed by atoms with Gasteiger partial charge in [0, 0.05) is 0 Å². The van der Waals surface area contributed by atoms with E-state index in [0.717, 1.165) is 38.8 Å². The van der Waals surface area contributed by atoms with Crippen molar-refractivity contribution in [3.05, 3.63) is 35.4 Å². The fourth-order valence-electron chi connectivity index (χ4n) is 3.37. The quantitative estimate of drug-likeness (QED) is 0.829. The van der Waals surface area contributed by atoms with Gasteiger partial charge in [0.25, 0.3) is 5.91 Å². The maximum absolute atomic E-state index is 12.6. The van der Waals surface area contributed by atoms with Crippen LogP contribution in [-0.2, 0) is 12.1 Å². The summed E-state index contributed by atoms with van der Waals surface area (Å²) >= 11 is 0. The van der Waals surface area contributed by atoms with Crippen molar-refractivity contribution >= 4 is 5.91 Å². The SMILES string of the molecule is CCN(CC)Cc1nc(C2(NC(=O)c3ccc(C)o3)CCCC2)no1. The molecule has 0 radical (unpaired) electrons. The fraction of sp³-hybridized carbons (Fsp3) is 0.611. The third-order valence-electron chi connectivity index (χ3n) is 4.92. The van der Waals surface area contributed by atoms with E-state index < -0.39 is 5.54 Å². The normalized spacial score (nSPS) is 16.5. The third kappa shape index (κ3) is 3.76. The van der Waals surface area contributed by atoms with E-state index in [1.54, 1.807) is 12.1 Å². The van der Waals surface area contributed by atoms with Crippen LogP contribution in [0.2, 0.25) is 0 Å². The van der Waals surface area contributed by atoms with Crippen LogP contribution in [0.5, 0.6) is 0 Å².